The number of aromatic nitrogens is 1. The highest BCUT2D eigenvalue weighted by atomic mass is 32.1. The van der Waals surface area contributed by atoms with Crippen LogP contribution < -0.4 is 5.73 Å². The second kappa shape index (κ2) is 5.55. The van der Waals surface area contributed by atoms with E-state index >= 15 is 0 Å². The molecule has 0 spiro atoms. The van der Waals surface area contributed by atoms with Crippen molar-refractivity contribution in [1.29, 1.82) is 0 Å². The SMILES string of the molecule is Nc1nc2c(s1)CN(CC=Cc1ccccc1)CC2. The minimum absolute atomic E-state index is 0.701. The molecular weight excluding hydrogens is 254 g/mol. The maximum absolute atomic E-state index is 5.75. The molecule has 0 saturated carbocycles. The van der Waals surface area contributed by atoms with Crippen LogP contribution >= 0.6 is 11.3 Å². The van der Waals surface area contributed by atoms with E-state index in [0.29, 0.717) is 5.13 Å². The smallest absolute Gasteiger partial charge is 0.180 e. The predicted molar refractivity (Wildman–Crippen MR) is 81.0 cm³/mol. The highest BCUT2D eigenvalue weighted by Crippen LogP contribution is 2.26. The number of nitrogens with two attached hydrogens (primary N) is 1. The molecule has 0 saturated heterocycles. The molecule has 2 N–H and O–H groups in total. The van der Waals surface area contributed by atoms with Crippen molar-refractivity contribution in [2.24, 2.45) is 0 Å². The second-order valence-corrected chi connectivity index (χ2v) is 5.84. The summed E-state index contributed by atoms with van der Waals surface area (Å²) in [6.45, 7) is 3.02. The lowest BCUT2D eigenvalue weighted by atomic mass is 10.1. The summed E-state index contributed by atoms with van der Waals surface area (Å²) in [5.74, 6) is 0. The zero-order chi connectivity index (χ0) is 13.1. The van der Waals surface area contributed by atoms with Crippen molar-refractivity contribution in [2.75, 3.05) is 18.8 Å². The van der Waals surface area contributed by atoms with Gasteiger partial charge in [0.05, 0.1) is 5.69 Å². The van der Waals surface area contributed by atoms with E-state index in [1.54, 1.807) is 11.3 Å². The quantitative estimate of drug-likeness (QED) is 0.933. The summed E-state index contributed by atoms with van der Waals surface area (Å²) in [5, 5.41) is 0.701. The van der Waals surface area contributed by atoms with Crippen molar-refractivity contribution in [1.82, 2.24) is 9.88 Å². The Kier molecular flexibility index (Phi) is 3.62. The minimum atomic E-state index is 0.701. The number of anilines is 1. The zero-order valence-corrected chi connectivity index (χ0v) is 11.6. The van der Waals surface area contributed by atoms with Crippen molar-refractivity contribution < 1.29 is 0 Å². The average Bonchev–Trinajstić information content (AvgIpc) is 2.79. The summed E-state index contributed by atoms with van der Waals surface area (Å²) in [4.78, 5) is 8.13. The third-order valence-electron chi connectivity index (χ3n) is 3.30. The van der Waals surface area contributed by atoms with Gasteiger partial charge in [-0.2, -0.15) is 0 Å². The average molecular weight is 271 g/mol. The summed E-state index contributed by atoms with van der Waals surface area (Å²) >= 11 is 1.62. The van der Waals surface area contributed by atoms with Crippen LogP contribution in [0.4, 0.5) is 5.13 Å². The van der Waals surface area contributed by atoms with E-state index < -0.39 is 0 Å². The van der Waals surface area contributed by atoms with Crippen LogP contribution in [0.25, 0.3) is 6.08 Å². The van der Waals surface area contributed by atoms with Crippen LogP contribution in [0.15, 0.2) is 36.4 Å². The number of nitrogens with zero attached hydrogens (tertiary/aromatic N) is 2. The molecule has 0 aliphatic carbocycles. The number of hydrogen-bond donors (Lipinski definition) is 1. The molecule has 0 bridgehead atoms. The van der Waals surface area contributed by atoms with Crippen molar-refractivity contribution in [3.63, 3.8) is 0 Å². The van der Waals surface area contributed by atoms with Gasteiger partial charge in [0.1, 0.15) is 0 Å². The number of nitrogen functional groups attached to an aromatic ring is 1. The van der Waals surface area contributed by atoms with Gasteiger partial charge in [0.15, 0.2) is 5.13 Å². The molecule has 1 aliphatic rings. The fraction of sp³-hybridized carbons (Fsp3) is 0.267. The van der Waals surface area contributed by atoms with Gasteiger partial charge < -0.3 is 5.73 Å². The Hall–Kier alpha value is -1.65. The summed E-state index contributed by atoms with van der Waals surface area (Å²) in [7, 11) is 0. The summed E-state index contributed by atoms with van der Waals surface area (Å²) < 4.78 is 0. The molecule has 0 radical (unpaired) electrons. The van der Waals surface area contributed by atoms with Gasteiger partial charge in [-0.05, 0) is 5.56 Å². The first kappa shape index (κ1) is 12.4. The number of thiazole rings is 1. The molecule has 1 aromatic carbocycles. The third kappa shape index (κ3) is 3.03. The van der Waals surface area contributed by atoms with Crippen molar-refractivity contribution in [3.8, 4) is 0 Å². The van der Waals surface area contributed by atoms with Gasteiger partial charge in [-0.25, -0.2) is 4.98 Å². The van der Waals surface area contributed by atoms with E-state index in [2.05, 4.69) is 46.3 Å². The maximum Gasteiger partial charge on any atom is 0.180 e. The zero-order valence-electron chi connectivity index (χ0n) is 10.7. The molecule has 1 aliphatic heterocycles. The molecule has 0 amide bonds. The van der Waals surface area contributed by atoms with Crippen LogP contribution in [-0.4, -0.2) is 23.0 Å². The molecule has 4 heteroatoms. The Morgan fingerprint density at radius 1 is 1.32 bits per heavy atom. The second-order valence-electron chi connectivity index (χ2n) is 4.72. The van der Waals surface area contributed by atoms with E-state index in [1.807, 2.05) is 6.07 Å². The van der Waals surface area contributed by atoms with Crippen LogP contribution in [0.3, 0.4) is 0 Å². The predicted octanol–water partition coefficient (Wildman–Crippen LogP) is 2.80. The number of hydrogen-bond acceptors (Lipinski definition) is 4. The first-order valence-corrected chi connectivity index (χ1v) is 7.31. The lowest BCUT2D eigenvalue weighted by Gasteiger charge is -2.24. The third-order valence-corrected chi connectivity index (χ3v) is 4.21. The fourth-order valence-corrected chi connectivity index (χ4v) is 3.25. The number of fused-ring (bicyclic) bond motifs is 1. The minimum Gasteiger partial charge on any atom is -0.375 e. The molecule has 3 rings (SSSR count). The molecule has 0 fully saturated rings. The molecule has 19 heavy (non-hydrogen) atoms. The lowest BCUT2D eigenvalue weighted by molar-refractivity contribution is 0.284. The Bertz CT molecular complexity index is 574. The highest BCUT2D eigenvalue weighted by Gasteiger charge is 2.18. The molecular formula is C15H17N3S. The largest absolute Gasteiger partial charge is 0.375 e. The first-order valence-electron chi connectivity index (χ1n) is 6.49. The van der Waals surface area contributed by atoms with Gasteiger partial charge >= 0.3 is 0 Å². The van der Waals surface area contributed by atoms with Gasteiger partial charge in [0.25, 0.3) is 0 Å². The Morgan fingerprint density at radius 3 is 3.00 bits per heavy atom. The summed E-state index contributed by atoms with van der Waals surface area (Å²) in [5.41, 5.74) is 8.21. The van der Waals surface area contributed by atoms with E-state index in [9.17, 15) is 0 Å². The maximum atomic E-state index is 5.75. The molecule has 98 valence electrons. The number of benzene rings is 1. The first-order chi connectivity index (χ1) is 9.31. The Morgan fingerprint density at radius 2 is 2.16 bits per heavy atom. The molecule has 0 unspecified atom stereocenters. The molecule has 1 aromatic heterocycles. The Labute approximate surface area is 117 Å². The van der Waals surface area contributed by atoms with E-state index in [4.69, 9.17) is 5.73 Å². The van der Waals surface area contributed by atoms with Gasteiger partial charge in [-0.1, -0.05) is 42.5 Å². The van der Waals surface area contributed by atoms with Gasteiger partial charge in [0, 0.05) is 30.9 Å². The normalized spacial score (nSPS) is 15.8. The van der Waals surface area contributed by atoms with E-state index in [1.165, 1.54) is 16.1 Å². The van der Waals surface area contributed by atoms with Crippen molar-refractivity contribution in [3.05, 3.63) is 52.5 Å². The Balaban J connectivity index is 1.59. The van der Waals surface area contributed by atoms with E-state index in [0.717, 1.165) is 26.1 Å². The van der Waals surface area contributed by atoms with Crippen LogP contribution in [0, 0.1) is 0 Å². The van der Waals surface area contributed by atoms with Crippen molar-refractivity contribution in [2.45, 2.75) is 13.0 Å². The highest BCUT2D eigenvalue weighted by molar-refractivity contribution is 7.15. The lowest BCUT2D eigenvalue weighted by Crippen LogP contribution is -2.29. The summed E-state index contributed by atoms with van der Waals surface area (Å²) in [6, 6.07) is 10.4. The molecule has 0 atom stereocenters. The van der Waals surface area contributed by atoms with Crippen LogP contribution in [0.1, 0.15) is 16.1 Å². The summed E-state index contributed by atoms with van der Waals surface area (Å²) in [6.07, 6.45) is 5.42. The van der Waals surface area contributed by atoms with Gasteiger partial charge in [-0.15, -0.1) is 11.3 Å². The monoisotopic (exact) mass is 271 g/mol. The molecule has 2 heterocycles. The fourth-order valence-electron chi connectivity index (χ4n) is 2.33. The van der Waals surface area contributed by atoms with Crippen molar-refractivity contribution >= 4 is 22.5 Å². The number of rotatable bonds is 3. The van der Waals surface area contributed by atoms with E-state index in [-0.39, 0.29) is 0 Å². The molecule has 2 aromatic rings. The van der Waals surface area contributed by atoms with Crippen LogP contribution in [0.5, 0.6) is 0 Å². The van der Waals surface area contributed by atoms with Gasteiger partial charge in [-0.3, -0.25) is 4.90 Å². The van der Waals surface area contributed by atoms with Gasteiger partial charge in [0.2, 0.25) is 0 Å². The van der Waals surface area contributed by atoms with Crippen LogP contribution in [0.2, 0.25) is 0 Å². The topological polar surface area (TPSA) is 42.1 Å². The van der Waals surface area contributed by atoms with Crippen LogP contribution in [-0.2, 0) is 13.0 Å². The standard InChI is InChI=1S/C15H17N3S/c16-15-17-13-8-10-18(11-14(13)19-15)9-4-7-12-5-2-1-3-6-12/h1-7H,8-11H2,(H2,16,17). The molecule has 3 nitrogen and oxygen atoms in total.